The highest BCUT2D eigenvalue weighted by atomic mass is 16.6. The largest absolute Gasteiger partial charge is 0.361 e. The standard InChI is InChI=1S/C14H19NO2/c1-3-9-15-10-11-17-14(16,12(15)2)13-7-5-4-6-8-13/h3-8,12,16H,1,9-11H2,2H3. The van der Waals surface area contributed by atoms with Gasteiger partial charge in [-0.05, 0) is 6.92 Å². The Morgan fingerprint density at radius 2 is 2.24 bits per heavy atom. The van der Waals surface area contributed by atoms with Crippen LogP contribution in [0.15, 0.2) is 43.0 Å². The molecule has 0 aliphatic carbocycles. The van der Waals surface area contributed by atoms with Gasteiger partial charge in [-0.2, -0.15) is 0 Å². The number of rotatable bonds is 3. The summed E-state index contributed by atoms with van der Waals surface area (Å²) in [5, 5.41) is 10.7. The third kappa shape index (κ3) is 2.27. The van der Waals surface area contributed by atoms with Crippen LogP contribution in [0, 0.1) is 0 Å². The minimum absolute atomic E-state index is 0.0864. The first kappa shape index (κ1) is 12.3. The zero-order valence-electron chi connectivity index (χ0n) is 10.2. The third-order valence-electron chi connectivity index (χ3n) is 3.37. The highest BCUT2D eigenvalue weighted by Crippen LogP contribution is 2.32. The van der Waals surface area contributed by atoms with E-state index in [1.54, 1.807) is 0 Å². The molecule has 1 saturated heterocycles. The molecule has 2 atom stereocenters. The van der Waals surface area contributed by atoms with Gasteiger partial charge in [0.05, 0.1) is 12.6 Å². The molecule has 0 bridgehead atoms. The molecule has 0 spiro atoms. The van der Waals surface area contributed by atoms with Gasteiger partial charge in [-0.25, -0.2) is 0 Å². The summed E-state index contributed by atoms with van der Waals surface area (Å²) in [6.07, 6.45) is 1.85. The lowest BCUT2D eigenvalue weighted by molar-refractivity contribution is -0.273. The quantitative estimate of drug-likeness (QED) is 0.807. The molecule has 1 N–H and O–H groups in total. The number of morpholine rings is 1. The summed E-state index contributed by atoms with van der Waals surface area (Å²) in [6.45, 7) is 7.84. The molecule has 1 aliphatic rings. The van der Waals surface area contributed by atoms with Crippen LogP contribution in [0.1, 0.15) is 12.5 Å². The van der Waals surface area contributed by atoms with Gasteiger partial charge in [0.1, 0.15) is 0 Å². The van der Waals surface area contributed by atoms with E-state index < -0.39 is 5.79 Å². The lowest BCUT2D eigenvalue weighted by atomic mass is 9.96. The molecule has 2 unspecified atom stereocenters. The van der Waals surface area contributed by atoms with E-state index in [9.17, 15) is 5.11 Å². The Bertz CT molecular complexity index is 379. The van der Waals surface area contributed by atoms with Gasteiger partial charge >= 0.3 is 0 Å². The van der Waals surface area contributed by atoms with Crippen LogP contribution < -0.4 is 0 Å². The zero-order valence-corrected chi connectivity index (χ0v) is 10.2. The van der Waals surface area contributed by atoms with Crippen LogP contribution in [-0.4, -0.2) is 35.7 Å². The van der Waals surface area contributed by atoms with Gasteiger partial charge in [0.25, 0.3) is 0 Å². The Morgan fingerprint density at radius 1 is 1.53 bits per heavy atom. The lowest BCUT2D eigenvalue weighted by Gasteiger charge is -2.44. The monoisotopic (exact) mass is 233 g/mol. The second-order valence-corrected chi connectivity index (χ2v) is 4.37. The molecule has 2 rings (SSSR count). The summed E-state index contributed by atoms with van der Waals surface area (Å²) < 4.78 is 5.62. The van der Waals surface area contributed by atoms with Crippen LogP contribution in [0.2, 0.25) is 0 Å². The van der Waals surface area contributed by atoms with Crippen molar-refractivity contribution in [3.63, 3.8) is 0 Å². The summed E-state index contributed by atoms with van der Waals surface area (Å²) >= 11 is 0. The molecule has 92 valence electrons. The van der Waals surface area contributed by atoms with Crippen LogP contribution in [-0.2, 0) is 10.5 Å². The summed E-state index contributed by atoms with van der Waals surface area (Å²) in [6, 6.07) is 9.46. The van der Waals surface area contributed by atoms with E-state index in [-0.39, 0.29) is 6.04 Å². The van der Waals surface area contributed by atoms with Crippen molar-refractivity contribution >= 4 is 0 Å². The summed E-state index contributed by atoms with van der Waals surface area (Å²) in [5.74, 6) is -1.22. The van der Waals surface area contributed by atoms with Crippen molar-refractivity contribution in [1.29, 1.82) is 0 Å². The molecule has 1 aromatic carbocycles. The minimum Gasteiger partial charge on any atom is -0.361 e. The second-order valence-electron chi connectivity index (χ2n) is 4.37. The van der Waals surface area contributed by atoms with Crippen molar-refractivity contribution in [3.8, 4) is 0 Å². The van der Waals surface area contributed by atoms with Crippen LogP contribution in [0.3, 0.4) is 0 Å². The van der Waals surface area contributed by atoms with Crippen molar-refractivity contribution in [3.05, 3.63) is 48.6 Å². The normalized spacial score (nSPS) is 30.1. The van der Waals surface area contributed by atoms with Crippen LogP contribution in [0.25, 0.3) is 0 Å². The third-order valence-corrected chi connectivity index (χ3v) is 3.37. The maximum absolute atomic E-state index is 10.7. The SMILES string of the molecule is C=CCN1CCOC(O)(c2ccccc2)C1C. The molecule has 1 aromatic rings. The van der Waals surface area contributed by atoms with Gasteiger partial charge in [-0.15, -0.1) is 6.58 Å². The Morgan fingerprint density at radius 3 is 2.88 bits per heavy atom. The van der Waals surface area contributed by atoms with Gasteiger partial charge in [-0.3, -0.25) is 4.90 Å². The Kier molecular flexibility index (Phi) is 3.62. The van der Waals surface area contributed by atoms with E-state index in [0.29, 0.717) is 6.61 Å². The molecular formula is C14H19NO2. The fourth-order valence-electron chi connectivity index (χ4n) is 2.30. The molecule has 0 saturated carbocycles. The van der Waals surface area contributed by atoms with Gasteiger partial charge < -0.3 is 9.84 Å². The molecule has 0 aromatic heterocycles. The van der Waals surface area contributed by atoms with Crippen molar-refractivity contribution in [1.82, 2.24) is 4.90 Å². The van der Waals surface area contributed by atoms with Crippen LogP contribution >= 0.6 is 0 Å². The van der Waals surface area contributed by atoms with Gasteiger partial charge in [0, 0.05) is 18.7 Å². The Labute approximate surface area is 102 Å². The number of benzene rings is 1. The van der Waals surface area contributed by atoms with E-state index in [1.807, 2.05) is 43.3 Å². The highest BCUT2D eigenvalue weighted by molar-refractivity contribution is 5.22. The minimum atomic E-state index is -1.22. The topological polar surface area (TPSA) is 32.7 Å². The smallest absolute Gasteiger partial charge is 0.208 e. The molecular weight excluding hydrogens is 214 g/mol. The first-order chi connectivity index (χ1) is 8.18. The molecule has 17 heavy (non-hydrogen) atoms. The number of ether oxygens (including phenoxy) is 1. The second kappa shape index (κ2) is 5.00. The first-order valence-corrected chi connectivity index (χ1v) is 5.95. The van der Waals surface area contributed by atoms with E-state index in [1.165, 1.54) is 0 Å². The number of aliphatic hydroxyl groups is 1. The number of hydrogen-bond donors (Lipinski definition) is 1. The Hall–Kier alpha value is -1.16. The van der Waals surface area contributed by atoms with Crippen molar-refractivity contribution in [2.75, 3.05) is 19.7 Å². The number of hydrogen-bond acceptors (Lipinski definition) is 3. The molecule has 0 amide bonds. The predicted molar refractivity (Wildman–Crippen MR) is 67.5 cm³/mol. The van der Waals surface area contributed by atoms with Gasteiger partial charge in [0.15, 0.2) is 0 Å². The summed E-state index contributed by atoms with van der Waals surface area (Å²) in [5.41, 5.74) is 0.807. The predicted octanol–water partition coefficient (Wildman–Crippen LogP) is 1.74. The maximum Gasteiger partial charge on any atom is 0.208 e. The van der Waals surface area contributed by atoms with Crippen molar-refractivity contribution in [2.45, 2.75) is 18.8 Å². The van der Waals surface area contributed by atoms with E-state index in [4.69, 9.17) is 4.74 Å². The summed E-state index contributed by atoms with van der Waals surface area (Å²) in [7, 11) is 0. The van der Waals surface area contributed by atoms with E-state index >= 15 is 0 Å². The molecule has 3 heteroatoms. The van der Waals surface area contributed by atoms with Gasteiger partial charge in [-0.1, -0.05) is 36.4 Å². The van der Waals surface area contributed by atoms with Crippen LogP contribution in [0.4, 0.5) is 0 Å². The molecule has 1 aliphatic heterocycles. The Balaban J connectivity index is 2.26. The average Bonchev–Trinajstić information content (AvgIpc) is 2.36. The van der Waals surface area contributed by atoms with Gasteiger partial charge in [0.2, 0.25) is 5.79 Å². The summed E-state index contributed by atoms with van der Waals surface area (Å²) in [4.78, 5) is 2.17. The fourth-order valence-corrected chi connectivity index (χ4v) is 2.30. The van der Waals surface area contributed by atoms with E-state index in [2.05, 4.69) is 11.5 Å². The first-order valence-electron chi connectivity index (χ1n) is 5.95. The molecule has 1 heterocycles. The highest BCUT2D eigenvalue weighted by Gasteiger charge is 2.42. The zero-order chi connectivity index (χ0) is 12.3. The van der Waals surface area contributed by atoms with Crippen molar-refractivity contribution < 1.29 is 9.84 Å². The van der Waals surface area contributed by atoms with Crippen LogP contribution in [0.5, 0.6) is 0 Å². The molecule has 0 radical (unpaired) electrons. The maximum atomic E-state index is 10.7. The van der Waals surface area contributed by atoms with E-state index in [0.717, 1.165) is 18.7 Å². The molecule has 3 nitrogen and oxygen atoms in total. The average molecular weight is 233 g/mol. The lowest BCUT2D eigenvalue weighted by Crippen LogP contribution is -2.56. The number of nitrogens with zero attached hydrogens (tertiary/aromatic N) is 1. The fraction of sp³-hybridized carbons (Fsp3) is 0.429. The van der Waals surface area contributed by atoms with Crippen molar-refractivity contribution in [2.24, 2.45) is 0 Å². The molecule has 1 fully saturated rings.